The first-order valence-electron chi connectivity index (χ1n) is 8.71. The van der Waals surface area contributed by atoms with E-state index < -0.39 is 6.10 Å². The number of aliphatic hydroxyl groups is 1. The molecule has 5 heteroatoms. The molecule has 0 radical (unpaired) electrons. The van der Waals surface area contributed by atoms with E-state index in [0.717, 1.165) is 30.6 Å². The molecule has 1 aliphatic rings. The zero-order valence-corrected chi connectivity index (χ0v) is 14.5. The number of carbonyl (C=O) groups is 1. The zero-order chi connectivity index (χ0) is 17.6. The van der Waals surface area contributed by atoms with Gasteiger partial charge in [0, 0.05) is 31.4 Å². The van der Waals surface area contributed by atoms with Crippen LogP contribution in [-0.2, 0) is 0 Å². The van der Waals surface area contributed by atoms with Crippen molar-refractivity contribution in [3.8, 4) is 0 Å². The SMILES string of the molecule is Cc1ccccc1C(O)CNC(=O)NC1CCN(c2ccccc2)C1. The Bertz CT molecular complexity index is 705. The van der Waals surface area contributed by atoms with Gasteiger partial charge in [-0.25, -0.2) is 4.79 Å². The topological polar surface area (TPSA) is 64.6 Å². The standard InChI is InChI=1S/C20H25N3O2/c1-15-7-5-6-10-18(15)19(24)13-21-20(25)22-16-11-12-23(14-16)17-8-3-2-4-9-17/h2-10,16,19,24H,11-14H2,1H3,(H2,21,22,25). The van der Waals surface area contributed by atoms with Gasteiger partial charge in [0.15, 0.2) is 0 Å². The Balaban J connectivity index is 1.45. The van der Waals surface area contributed by atoms with Crippen molar-refractivity contribution in [3.05, 3.63) is 65.7 Å². The fourth-order valence-corrected chi connectivity index (χ4v) is 3.25. The Morgan fingerprint density at radius 3 is 2.68 bits per heavy atom. The number of anilines is 1. The van der Waals surface area contributed by atoms with E-state index in [1.54, 1.807) is 0 Å². The number of urea groups is 1. The quantitative estimate of drug-likeness (QED) is 0.784. The number of nitrogens with zero attached hydrogens (tertiary/aromatic N) is 1. The molecule has 0 saturated carbocycles. The number of benzene rings is 2. The molecule has 2 amide bonds. The summed E-state index contributed by atoms with van der Waals surface area (Å²) in [6, 6.07) is 17.8. The van der Waals surface area contributed by atoms with Crippen molar-refractivity contribution >= 4 is 11.7 Å². The molecule has 2 unspecified atom stereocenters. The molecule has 0 aliphatic carbocycles. The van der Waals surface area contributed by atoms with Gasteiger partial charge >= 0.3 is 6.03 Å². The van der Waals surface area contributed by atoms with Crippen molar-refractivity contribution < 1.29 is 9.90 Å². The predicted octanol–water partition coefficient (Wildman–Crippen LogP) is 2.61. The van der Waals surface area contributed by atoms with Gasteiger partial charge in [-0.2, -0.15) is 0 Å². The Labute approximate surface area is 148 Å². The first-order valence-corrected chi connectivity index (χ1v) is 8.71. The third-order valence-corrected chi connectivity index (χ3v) is 4.65. The Morgan fingerprint density at radius 1 is 1.20 bits per heavy atom. The van der Waals surface area contributed by atoms with Gasteiger partial charge in [0.1, 0.15) is 0 Å². The number of hydrogen-bond donors (Lipinski definition) is 3. The lowest BCUT2D eigenvalue weighted by molar-refractivity contribution is 0.172. The van der Waals surface area contributed by atoms with Crippen molar-refractivity contribution in [2.75, 3.05) is 24.5 Å². The number of rotatable bonds is 5. The van der Waals surface area contributed by atoms with E-state index in [0.29, 0.717) is 0 Å². The van der Waals surface area contributed by atoms with Crippen LogP contribution in [0, 0.1) is 6.92 Å². The largest absolute Gasteiger partial charge is 0.387 e. The second-order valence-corrected chi connectivity index (χ2v) is 6.49. The lowest BCUT2D eigenvalue weighted by Gasteiger charge is -2.19. The van der Waals surface area contributed by atoms with Gasteiger partial charge in [-0.1, -0.05) is 42.5 Å². The van der Waals surface area contributed by atoms with Crippen molar-refractivity contribution in [1.82, 2.24) is 10.6 Å². The van der Waals surface area contributed by atoms with Crippen LogP contribution in [0.1, 0.15) is 23.7 Å². The first kappa shape index (κ1) is 17.3. The average molecular weight is 339 g/mol. The zero-order valence-electron chi connectivity index (χ0n) is 14.5. The van der Waals surface area contributed by atoms with Crippen LogP contribution in [0.25, 0.3) is 0 Å². The van der Waals surface area contributed by atoms with Gasteiger partial charge in [0.05, 0.1) is 6.10 Å². The maximum atomic E-state index is 12.1. The number of amides is 2. The van der Waals surface area contributed by atoms with E-state index in [1.165, 1.54) is 5.69 Å². The molecule has 3 rings (SSSR count). The van der Waals surface area contributed by atoms with Gasteiger partial charge in [-0.15, -0.1) is 0 Å². The van der Waals surface area contributed by atoms with Gasteiger partial charge in [-0.05, 0) is 36.6 Å². The highest BCUT2D eigenvalue weighted by Gasteiger charge is 2.24. The van der Waals surface area contributed by atoms with E-state index in [9.17, 15) is 9.90 Å². The van der Waals surface area contributed by atoms with Crippen LogP contribution >= 0.6 is 0 Å². The van der Waals surface area contributed by atoms with Gasteiger partial charge < -0.3 is 20.6 Å². The summed E-state index contributed by atoms with van der Waals surface area (Å²) in [6.45, 7) is 3.89. The summed E-state index contributed by atoms with van der Waals surface area (Å²) in [5.41, 5.74) is 3.05. The van der Waals surface area contributed by atoms with Crippen LogP contribution in [0.4, 0.5) is 10.5 Å². The lowest BCUT2D eigenvalue weighted by atomic mass is 10.0. The van der Waals surface area contributed by atoms with Gasteiger partial charge in [0.25, 0.3) is 0 Å². The van der Waals surface area contributed by atoms with Gasteiger partial charge in [0.2, 0.25) is 0 Å². The Hall–Kier alpha value is -2.53. The molecule has 25 heavy (non-hydrogen) atoms. The first-order chi connectivity index (χ1) is 12.1. The average Bonchev–Trinajstić information content (AvgIpc) is 3.09. The van der Waals surface area contributed by atoms with Crippen LogP contribution < -0.4 is 15.5 Å². The summed E-state index contributed by atoms with van der Waals surface area (Å²) in [7, 11) is 0. The molecule has 2 aromatic carbocycles. The minimum Gasteiger partial charge on any atom is -0.387 e. The summed E-state index contributed by atoms with van der Waals surface area (Å²) in [5.74, 6) is 0. The molecule has 0 aromatic heterocycles. The van der Waals surface area contributed by atoms with E-state index in [1.807, 2.05) is 49.4 Å². The fourth-order valence-electron chi connectivity index (χ4n) is 3.25. The molecule has 3 N–H and O–H groups in total. The number of hydrogen-bond acceptors (Lipinski definition) is 3. The summed E-state index contributed by atoms with van der Waals surface area (Å²) in [5, 5.41) is 16.0. The van der Waals surface area contributed by atoms with Crippen LogP contribution in [0.3, 0.4) is 0 Å². The van der Waals surface area contributed by atoms with E-state index >= 15 is 0 Å². The van der Waals surface area contributed by atoms with Gasteiger partial charge in [-0.3, -0.25) is 0 Å². The molecule has 1 saturated heterocycles. The second kappa shape index (κ2) is 8.03. The predicted molar refractivity (Wildman–Crippen MR) is 99.7 cm³/mol. The molecule has 2 aromatic rings. The number of nitrogens with one attached hydrogen (secondary N) is 2. The molecule has 132 valence electrons. The highest BCUT2D eigenvalue weighted by molar-refractivity contribution is 5.74. The smallest absolute Gasteiger partial charge is 0.315 e. The third-order valence-electron chi connectivity index (χ3n) is 4.65. The van der Waals surface area contributed by atoms with Crippen molar-refractivity contribution in [3.63, 3.8) is 0 Å². The van der Waals surface area contributed by atoms with Crippen LogP contribution in [0.5, 0.6) is 0 Å². The molecule has 1 fully saturated rings. The third kappa shape index (κ3) is 4.51. The fraction of sp³-hybridized carbons (Fsp3) is 0.350. The van der Waals surface area contributed by atoms with Crippen molar-refractivity contribution in [2.24, 2.45) is 0 Å². The molecule has 2 atom stereocenters. The monoisotopic (exact) mass is 339 g/mol. The molecular formula is C20H25N3O2. The molecule has 0 spiro atoms. The number of carbonyl (C=O) groups excluding carboxylic acids is 1. The highest BCUT2D eigenvalue weighted by Crippen LogP contribution is 2.20. The minimum absolute atomic E-state index is 0.121. The number of para-hydroxylation sites is 1. The van der Waals surface area contributed by atoms with E-state index in [4.69, 9.17) is 0 Å². The normalized spacial score (nSPS) is 18.0. The summed E-state index contributed by atoms with van der Waals surface area (Å²) in [6.07, 6.45) is 0.221. The summed E-state index contributed by atoms with van der Waals surface area (Å²) in [4.78, 5) is 14.4. The highest BCUT2D eigenvalue weighted by atomic mass is 16.3. The summed E-state index contributed by atoms with van der Waals surface area (Å²) < 4.78 is 0. The van der Waals surface area contributed by atoms with Crippen molar-refractivity contribution in [1.29, 1.82) is 0 Å². The van der Waals surface area contributed by atoms with Crippen molar-refractivity contribution in [2.45, 2.75) is 25.5 Å². The Kier molecular flexibility index (Phi) is 5.56. The molecular weight excluding hydrogens is 314 g/mol. The van der Waals surface area contributed by atoms with Crippen LogP contribution in [-0.4, -0.2) is 36.8 Å². The Morgan fingerprint density at radius 2 is 1.92 bits per heavy atom. The van der Waals surface area contributed by atoms with E-state index in [-0.39, 0.29) is 18.6 Å². The summed E-state index contributed by atoms with van der Waals surface area (Å²) >= 11 is 0. The second-order valence-electron chi connectivity index (χ2n) is 6.49. The number of aliphatic hydroxyl groups excluding tert-OH is 1. The maximum absolute atomic E-state index is 12.1. The maximum Gasteiger partial charge on any atom is 0.315 e. The molecule has 1 heterocycles. The van der Waals surface area contributed by atoms with Crippen LogP contribution in [0.2, 0.25) is 0 Å². The number of aryl methyl sites for hydroxylation is 1. The molecule has 0 bridgehead atoms. The van der Waals surface area contributed by atoms with E-state index in [2.05, 4.69) is 27.7 Å². The molecule has 5 nitrogen and oxygen atoms in total. The molecule has 1 aliphatic heterocycles. The lowest BCUT2D eigenvalue weighted by Crippen LogP contribution is -2.44. The van der Waals surface area contributed by atoms with Crippen LogP contribution in [0.15, 0.2) is 54.6 Å². The minimum atomic E-state index is -0.698.